The second-order valence-electron chi connectivity index (χ2n) is 11.1. The minimum Gasteiger partial charge on any atom is -0.494 e. The summed E-state index contributed by atoms with van der Waals surface area (Å²) in [6.45, 7) is 3.92. The van der Waals surface area contributed by atoms with Gasteiger partial charge in [0, 0.05) is 6.92 Å². The smallest absolute Gasteiger partial charge is 0.494 e. The van der Waals surface area contributed by atoms with E-state index in [4.69, 9.17) is 18.9 Å². The molecule has 0 atom stereocenters. The number of rotatable bonds is 10. The third kappa shape index (κ3) is 6.98. The van der Waals surface area contributed by atoms with Gasteiger partial charge < -0.3 is 18.9 Å². The molecule has 0 heterocycles. The van der Waals surface area contributed by atoms with Crippen molar-refractivity contribution in [3.63, 3.8) is 0 Å². The molecule has 6 nitrogen and oxygen atoms in total. The summed E-state index contributed by atoms with van der Waals surface area (Å²) in [6.07, 6.45) is -0.842. The Bertz CT molecular complexity index is 1910. The first-order valence-corrected chi connectivity index (χ1v) is 15.7. The third-order valence-electron chi connectivity index (χ3n) is 8.01. The van der Waals surface area contributed by atoms with Gasteiger partial charge in [-0.1, -0.05) is 109 Å². The average molecular weight is 635 g/mol. The number of hydrogen-bond acceptors (Lipinski definition) is 6. The van der Waals surface area contributed by atoms with E-state index >= 15 is 0 Å². The Morgan fingerprint density at radius 2 is 0.812 bits per heavy atom. The fraction of sp³-hybridized carbons (Fsp3) is 0.0952. The van der Waals surface area contributed by atoms with Crippen molar-refractivity contribution in [3.05, 3.63) is 180 Å². The van der Waals surface area contributed by atoms with E-state index in [1.54, 1.807) is 36.4 Å². The summed E-state index contributed by atoms with van der Waals surface area (Å²) in [5, 5.41) is 0. The molecule has 0 fully saturated rings. The minimum atomic E-state index is -0.842. The van der Waals surface area contributed by atoms with Crippen LogP contribution in [0.15, 0.2) is 158 Å². The van der Waals surface area contributed by atoms with Crippen LogP contribution in [0.5, 0.6) is 23.0 Å². The van der Waals surface area contributed by atoms with Gasteiger partial charge in [0.25, 0.3) is 0 Å². The van der Waals surface area contributed by atoms with Crippen molar-refractivity contribution in [2.24, 2.45) is 0 Å². The van der Waals surface area contributed by atoms with Crippen molar-refractivity contribution < 1.29 is 28.5 Å². The molecule has 6 heteroatoms. The van der Waals surface area contributed by atoms with E-state index in [-0.39, 0.29) is 5.97 Å². The zero-order valence-electron chi connectivity index (χ0n) is 26.7. The summed E-state index contributed by atoms with van der Waals surface area (Å²) in [4.78, 5) is 24.0. The van der Waals surface area contributed by atoms with Gasteiger partial charge in [-0.15, -0.1) is 0 Å². The Morgan fingerprint density at radius 3 is 1.21 bits per heavy atom. The minimum absolute atomic E-state index is 0.347. The topological polar surface area (TPSA) is 71.1 Å². The van der Waals surface area contributed by atoms with Gasteiger partial charge in [-0.25, -0.2) is 4.79 Å². The van der Waals surface area contributed by atoms with Crippen molar-refractivity contribution in [2.75, 3.05) is 6.61 Å². The van der Waals surface area contributed by atoms with Crippen LogP contribution in [0.4, 0.5) is 4.79 Å². The number of ether oxygens (including phenoxy) is 4. The Kier molecular flexibility index (Phi) is 9.63. The molecule has 0 spiro atoms. The summed E-state index contributed by atoms with van der Waals surface area (Å²) < 4.78 is 21.9. The highest BCUT2D eigenvalue weighted by atomic mass is 16.7. The first kappa shape index (κ1) is 31.8. The van der Waals surface area contributed by atoms with Crippen molar-refractivity contribution in [1.29, 1.82) is 0 Å². The van der Waals surface area contributed by atoms with Crippen molar-refractivity contribution in [1.82, 2.24) is 0 Å². The van der Waals surface area contributed by atoms with Crippen LogP contribution in [0.1, 0.15) is 36.1 Å². The van der Waals surface area contributed by atoms with Crippen LogP contribution in [0.25, 0.3) is 11.1 Å². The monoisotopic (exact) mass is 634 g/mol. The molecule has 0 N–H and O–H groups in total. The Balaban J connectivity index is 1.24. The van der Waals surface area contributed by atoms with Gasteiger partial charge in [0.05, 0.1) is 12.0 Å². The maximum absolute atomic E-state index is 12.8. The van der Waals surface area contributed by atoms with Gasteiger partial charge in [-0.2, -0.15) is 0 Å². The van der Waals surface area contributed by atoms with Crippen molar-refractivity contribution in [2.45, 2.75) is 19.3 Å². The first-order valence-electron chi connectivity index (χ1n) is 15.7. The van der Waals surface area contributed by atoms with Crippen LogP contribution >= 0.6 is 0 Å². The maximum Gasteiger partial charge on any atom is 0.519 e. The fourth-order valence-corrected chi connectivity index (χ4v) is 5.93. The normalized spacial score (nSPS) is 11.0. The van der Waals surface area contributed by atoms with Crippen LogP contribution < -0.4 is 18.9 Å². The second-order valence-corrected chi connectivity index (χ2v) is 11.1. The number of hydrogen-bond donors (Lipinski definition) is 0. The highest BCUT2D eigenvalue weighted by molar-refractivity contribution is 5.71. The molecule has 0 aliphatic carbocycles. The molecule has 0 aliphatic heterocycles. The highest BCUT2D eigenvalue weighted by Gasteiger charge is 2.38. The molecule has 0 amide bonds. The zero-order valence-corrected chi connectivity index (χ0v) is 26.7. The molecule has 0 unspecified atom stereocenters. The van der Waals surface area contributed by atoms with E-state index in [0.29, 0.717) is 23.9 Å². The molecule has 6 aromatic carbocycles. The molecular weight excluding hydrogens is 600 g/mol. The fourth-order valence-electron chi connectivity index (χ4n) is 5.93. The maximum atomic E-state index is 12.8. The molecule has 0 bridgehead atoms. The highest BCUT2D eigenvalue weighted by Crippen LogP contribution is 2.45. The van der Waals surface area contributed by atoms with Gasteiger partial charge >= 0.3 is 12.1 Å². The van der Waals surface area contributed by atoms with Crippen LogP contribution in [-0.2, 0) is 10.2 Å². The van der Waals surface area contributed by atoms with E-state index in [0.717, 1.165) is 39.1 Å². The lowest BCUT2D eigenvalue weighted by Gasteiger charge is -2.37. The number of esters is 1. The van der Waals surface area contributed by atoms with Crippen LogP contribution in [0, 0.1) is 0 Å². The van der Waals surface area contributed by atoms with Crippen LogP contribution in [-0.4, -0.2) is 18.7 Å². The standard InChI is InChI=1S/C42H34O6/c1-3-45-37-26-18-35(19-27-37)42(33-10-6-4-7-11-33,34-12-8-5-9-13-34)36-20-28-40(29-21-36)48-41(44)47-39-24-16-32(17-25-39)31-14-22-38(23-15-31)46-30(2)43/h4-29H,3H2,1-2H3. The average Bonchev–Trinajstić information content (AvgIpc) is 3.11. The molecule has 48 heavy (non-hydrogen) atoms. The molecule has 6 aromatic rings. The second kappa shape index (κ2) is 14.5. The molecule has 238 valence electrons. The molecular formula is C42H34O6. The zero-order chi connectivity index (χ0) is 33.3. The predicted octanol–water partition coefficient (Wildman–Crippen LogP) is 9.64. The van der Waals surface area contributed by atoms with Gasteiger partial charge in [-0.05, 0) is 88.8 Å². The molecule has 0 saturated carbocycles. The van der Waals surface area contributed by atoms with E-state index in [1.165, 1.54) is 6.92 Å². The molecule has 0 aliphatic rings. The Labute approximate surface area is 280 Å². The quantitative estimate of drug-likeness (QED) is 0.0647. The van der Waals surface area contributed by atoms with Crippen molar-refractivity contribution in [3.8, 4) is 34.1 Å². The van der Waals surface area contributed by atoms with E-state index in [2.05, 4.69) is 36.4 Å². The summed E-state index contributed by atoms with van der Waals surface area (Å²) in [7, 11) is 0. The van der Waals surface area contributed by atoms with E-state index < -0.39 is 11.6 Å². The third-order valence-corrected chi connectivity index (χ3v) is 8.01. The number of carbonyl (C=O) groups is 2. The van der Waals surface area contributed by atoms with Crippen LogP contribution in [0.3, 0.4) is 0 Å². The molecule has 0 aromatic heterocycles. The lowest BCUT2D eigenvalue weighted by molar-refractivity contribution is -0.131. The van der Waals surface area contributed by atoms with E-state index in [9.17, 15) is 9.59 Å². The summed E-state index contributed by atoms with van der Waals surface area (Å²) in [5.41, 5.74) is 5.44. The lowest BCUT2D eigenvalue weighted by atomic mass is 9.65. The Morgan fingerprint density at radius 1 is 0.458 bits per heavy atom. The lowest BCUT2D eigenvalue weighted by Crippen LogP contribution is -2.31. The number of benzene rings is 6. The SMILES string of the molecule is CCOc1ccc(C(c2ccccc2)(c2ccccc2)c2ccc(OC(=O)Oc3ccc(-c4ccc(OC(C)=O)cc4)cc3)cc2)cc1. The van der Waals surface area contributed by atoms with E-state index in [1.807, 2.05) is 91.9 Å². The number of carbonyl (C=O) groups excluding carboxylic acids is 2. The predicted molar refractivity (Wildman–Crippen MR) is 186 cm³/mol. The molecule has 0 radical (unpaired) electrons. The summed E-state index contributed by atoms with van der Waals surface area (Å²) >= 11 is 0. The van der Waals surface area contributed by atoms with Crippen molar-refractivity contribution >= 4 is 12.1 Å². The molecule has 0 saturated heterocycles. The van der Waals surface area contributed by atoms with Gasteiger partial charge in [0.2, 0.25) is 0 Å². The molecule has 6 rings (SSSR count). The van der Waals surface area contributed by atoms with Crippen LogP contribution in [0.2, 0.25) is 0 Å². The first-order chi connectivity index (χ1) is 23.4. The van der Waals surface area contributed by atoms with Gasteiger partial charge in [-0.3, -0.25) is 4.79 Å². The van der Waals surface area contributed by atoms with Gasteiger partial charge in [0.1, 0.15) is 23.0 Å². The largest absolute Gasteiger partial charge is 0.519 e. The Hall–Kier alpha value is -6.14. The summed E-state index contributed by atoms with van der Waals surface area (Å²) in [6, 6.07) is 50.7. The summed E-state index contributed by atoms with van der Waals surface area (Å²) in [5.74, 6) is 1.62. The van der Waals surface area contributed by atoms with Gasteiger partial charge in [0.15, 0.2) is 0 Å².